The number of carbonyl (C=O) groups is 1. The maximum absolute atomic E-state index is 12.6. The van der Waals surface area contributed by atoms with Crippen molar-refractivity contribution in [3.63, 3.8) is 0 Å². The molecule has 0 saturated heterocycles. The van der Waals surface area contributed by atoms with Gasteiger partial charge in [-0.2, -0.15) is 0 Å². The molecule has 0 N–H and O–H groups in total. The molecule has 0 rings (SSSR count). The predicted molar refractivity (Wildman–Crippen MR) is 183 cm³/mol. The van der Waals surface area contributed by atoms with Crippen molar-refractivity contribution >= 4 is 21.5 Å². The molecule has 0 aromatic heterocycles. The molecule has 0 bridgehead atoms. The molecule has 0 fully saturated rings. The zero-order valence-electron chi connectivity index (χ0n) is 28.0. The quantitative estimate of drug-likeness (QED) is 0.0239. The van der Waals surface area contributed by atoms with E-state index in [9.17, 15) is 9.59 Å². The lowest BCUT2D eigenvalue weighted by Gasteiger charge is -2.18. The van der Waals surface area contributed by atoms with E-state index in [1.54, 1.807) is 6.08 Å². The van der Waals surface area contributed by atoms with Crippen LogP contribution in [0.25, 0.3) is 0 Å². The van der Waals surface area contributed by atoms with Crippen LogP contribution >= 0.6 is 9.47 Å². The number of hydrogen-bond donors (Lipinski definition) is 0. The Bertz CT molecular complexity index is 611. The summed E-state index contributed by atoms with van der Waals surface area (Å²) in [5, 5.41) is 0. The van der Waals surface area contributed by atoms with E-state index < -0.39 is 0 Å². The molecule has 0 spiro atoms. The molecule has 0 radical (unpaired) electrons. The third-order valence-corrected chi connectivity index (χ3v) is 8.90. The van der Waals surface area contributed by atoms with Crippen LogP contribution in [0.5, 0.6) is 0 Å². The molecule has 248 valence electrons. The fraction of sp³-hybridized carbons (Fsp3) is 0.944. The van der Waals surface area contributed by atoms with E-state index in [1.807, 2.05) is 0 Å². The first-order valence-corrected chi connectivity index (χ1v) is 18.7. The fourth-order valence-corrected chi connectivity index (χ4v) is 6.03. The summed E-state index contributed by atoms with van der Waals surface area (Å²) in [5.74, 6) is 0.0231. The molecule has 3 unspecified atom stereocenters. The van der Waals surface area contributed by atoms with Crippen molar-refractivity contribution in [1.82, 2.24) is 0 Å². The van der Waals surface area contributed by atoms with Crippen LogP contribution in [0.2, 0.25) is 0 Å². The average Bonchev–Trinajstić information content (AvgIpc) is 2.99. The minimum Gasteiger partial charge on any atom is -0.462 e. The molecule has 5 nitrogen and oxygen atoms in total. The van der Waals surface area contributed by atoms with Crippen molar-refractivity contribution in [3.05, 3.63) is 0 Å². The Balaban J connectivity index is 3.87. The smallest absolute Gasteiger partial charge is 0.306 e. The highest BCUT2D eigenvalue weighted by Gasteiger charge is 2.14. The summed E-state index contributed by atoms with van der Waals surface area (Å²) in [4.78, 5) is 26.3. The molecule has 0 aliphatic carbocycles. The van der Waals surface area contributed by atoms with Crippen molar-refractivity contribution < 1.29 is 18.8 Å². The molecule has 0 saturated carbocycles. The van der Waals surface area contributed by atoms with Crippen LogP contribution in [0.3, 0.4) is 0 Å². The molecule has 0 aromatic rings. The van der Waals surface area contributed by atoms with Crippen LogP contribution in [0, 0.1) is 0 Å². The molecule has 0 aromatic carbocycles. The highest BCUT2D eigenvalue weighted by atomic mass is 31.0. The van der Waals surface area contributed by atoms with Gasteiger partial charge in [-0.05, 0) is 51.4 Å². The maximum atomic E-state index is 12.6. The maximum Gasteiger partial charge on any atom is 0.306 e. The third kappa shape index (κ3) is 30.7. The van der Waals surface area contributed by atoms with Gasteiger partial charge < -0.3 is 9.26 Å². The van der Waals surface area contributed by atoms with Crippen molar-refractivity contribution in [2.45, 2.75) is 212 Å². The van der Waals surface area contributed by atoms with Gasteiger partial charge in [0.15, 0.2) is 0 Å². The Morgan fingerprint density at radius 1 is 0.571 bits per heavy atom. The molecular weight excluding hydrogens is 541 g/mol. The molecular formula is C36H70NO4P. The summed E-state index contributed by atoms with van der Waals surface area (Å²) >= 11 is 0. The molecule has 3 atom stereocenters. The molecule has 0 amide bonds. The highest BCUT2D eigenvalue weighted by Crippen LogP contribution is 2.20. The summed E-state index contributed by atoms with van der Waals surface area (Å²) in [6.07, 6.45) is 36.7. The number of isocyanates is 1. The molecule has 42 heavy (non-hydrogen) atoms. The van der Waals surface area contributed by atoms with Gasteiger partial charge in [-0.1, -0.05) is 142 Å². The SMILES string of the molecule is CCCCCCC(CCCCCCCCCCC(=O)OC(CCCCCC)CCCCCCCCCCN=C=O)OP. The van der Waals surface area contributed by atoms with Gasteiger partial charge in [-0.15, -0.1) is 0 Å². The number of hydrogen-bond acceptors (Lipinski definition) is 5. The summed E-state index contributed by atoms with van der Waals surface area (Å²) in [7, 11) is 2.48. The first kappa shape index (κ1) is 41.2. The second-order valence-electron chi connectivity index (χ2n) is 12.5. The molecule has 6 heteroatoms. The van der Waals surface area contributed by atoms with Crippen LogP contribution in [-0.2, 0) is 18.8 Å². The predicted octanol–water partition coefficient (Wildman–Crippen LogP) is 11.8. The number of rotatable bonds is 34. The van der Waals surface area contributed by atoms with Gasteiger partial charge in [0.1, 0.15) is 6.10 Å². The second kappa shape index (κ2) is 34.7. The van der Waals surface area contributed by atoms with Crippen LogP contribution < -0.4 is 0 Å². The van der Waals surface area contributed by atoms with E-state index in [0.717, 1.165) is 44.9 Å². The minimum atomic E-state index is 0.0231. The van der Waals surface area contributed by atoms with Gasteiger partial charge in [0, 0.05) is 15.9 Å². The third-order valence-electron chi connectivity index (χ3n) is 8.52. The Morgan fingerprint density at radius 2 is 0.952 bits per heavy atom. The first-order chi connectivity index (χ1) is 20.7. The Labute approximate surface area is 263 Å². The van der Waals surface area contributed by atoms with Crippen molar-refractivity contribution in [3.8, 4) is 0 Å². The van der Waals surface area contributed by atoms with Gasteiger partial charge in [-0.25, -0.2) is 9.79 Å². The van der Waals surface area contributed by atoms with Crippen LogP contribution in [-0.4, -0.2) is 30.8 Å². The lowest BCUT2D eigenvalue weighted by atomic mass is 10.0. The summed E-state index contributed by atoms with van der Waals surface area (Å²) in [6.45, 7) is 5.12. The lowest BCUT2D eigenvalue weighted by molar-refractivity contribution is -0.150. The van der Waals surface area contributed by atoms with E-state index in [-0.39, 0.29) is 12.1 Å². The van der Waals surface area contributed by atoms with Crippen molar-refractivity contribution in [2.24, 2.45) is 4.99 Å². The zero-order chi connectivity index (χ0) is 30.8. The number of nitrogens with zero attached hydrogens (tertiary/aromatic N) is 1. The molecule has 0 aliphatic rings. The summed E-state index contributed by atoms with van der Waals surface area (Å²) < 4.78 is 11.6. The van der Waals surface area contributed by atoms with E-state index in [4.69, 9.17) is 9.26 Å². The van der Waals surface area contributed by atoms with Crippen molar-refractivity contribution in [1.29, 1.82) is 0 Å². The first-order valence-electron chi connectivity index (χ1n) is 18.3. The Kier molecular flexibility index (Phi) is 34.1. The Hall–Kier alpha value is -0.760. The van der Waals surface area contributed by atoms with Gasteiger partial charge in [0.05, 0.1) is 12.6 Å². The number of ether oxygens (including phenoxy) is 1. The second-order valence-corrected chi connectivity index (χ2v) is 12.8. The van der Waals surface area contributed by atoms with E-state index in [1.165, 1.54) is 135 Å². The summed E-state index contributed by atoms with van der Waals surface area (Å²) in [5.41, 5.74) is 0. The number of carbonyl (C=O) groups excluding carboxylic acids is 2. The van der Waals surface area contributed by atoms with Gasteiger partial charge in [-0.3, -0.25) is 4.79 Å². The number of esters is 1. The normalized spacial score (nSPS) is 12.6. The largest absolute Gasteiger partial charge is 0.462 e. The van der Waals surface area contributed by atoms with Crippen molar-refractivity contribution in [2.75, 3.05) is 6.54 Å². The van der Waals surface area contributed by atoms with E-state index in [0.29, 0.717) is 19.1 Å². The summed E-state index contributed by atoms with van der Waals surface area (Å²) in [6, 6.07) is 0. The van der Waals surface area contributed by atoms with E-state index in [2.05, 4.69) is 28.3 Å². The number of unbranched alkanes of at least 4 members (excludes halogenated alkanes) is 20. The van der Waals surface area contributed by atoms with Crippen LogP contribution in [0.4, 0.5) is 0 Å². The zero-order valence-corrected chi connectivity index (χ0v) is 29.2. The molecule has 0 heterocycles. The Morgan fingerprint density at radius 3 is 1.38 bits per heavy atom. The average molecular weight is 612 g/mol. The number of aliphatic imine (C=N–C) groups is 1. The fourth-order valence-electron chi connectivity index (χ4n) is 5.76. The van der Waals surface area contributed by atoms with Gasteiger partial charge in [0.25, 0.3) is 0 Å². The van der Waals surface area contributed by atoms with Gasteiger partial charge >= 0.3 is 5.97 Å². The van der Waals surface area contributed by atoms with Crippen LogP contribution in [0.1, 0.15) is 200 Å². The van der Waals surface area contributed by atoms with E-state index >= 15 is 0 Å². The molecule has 0 aliphatic heterocycles. The standard InChI is InChI=1S/C36H70NO4P/c1-3-5-7-21-27-34(28-23-17-13-11-12-16-20-26-32-37-33-38)40-36(39)31-25-19-15-10-9-14-18-24-30-35(41-42)29-22-8-6-4-2/h34-35H,3-32,42H2,1-2H3. The minimum absolute atomic E-state index is 0.0231. The van der Waals surface area contributed by atoms with Crippen LogP contribution in [0.15, 0.2) is 4.99 Å². The lowest BCUT2D eigenvalue weighted by Crippen LogP contribution is -2.18. The topological polar surface area (TPSA) is 65.0 Å². The monoisotopic (exact) mass is 612 g/mol. The highest BCUT2D eigenvalue weighted by molar-refractivity contribution is 7.09. The van der Waals surface area contributed by atoms with Gasteiger partial charge in [0.2, 0.25) is 6.08 Å².